The van der Waals surface area contributed by atoms with Gasteiger partial charge in [-0.15, -0.1) is 0 Å². The largest absolute Gasteiger partial charge is 0.383 e. The summed E-state index contributed by atoms with van der Waals surface area (Å²) in [7, 11) is 1.72. The molecule has 4 heteroatoms. The lowest BCUT2D eigenvalue weighted by Crippen LogP contribution is -1.98. The van der Waals surface area contributed by atoms with Gasteiger partial charge in [-0.25, -0.2) is 0 Å². The third-order valence-corrected chi connectivity index (χ3v) is 2.92. The Labute approximate surface area is 102 Å². The van der Waals surface area contributed by atoms with Crippen LogP contribution in [0.2, 0.25) is 0 Å². The van der Waals surface area contributed by atoms with Crippen LogP contribution in [0.5, 0.6) is 0 Å². The number of hydrogen-bond donors (Lipinski definition) is 1. The van der Waals surface area contributed by atoms with Gasteiger partial charge in [-0.1, -0.05) is 20.8 Å². The van der Waals surface area contributed by atoms with Crippen LogP contribution in [0.25, 0.3) is 0 Å². The highest BCUT2D eigenvalue weighted by Crippen LogP contribution is 2.34. The summed E-state index contributed by atoms with van der Waals surface area (Å²) in [5.74, 6) is 0.603. The highest BCUT2D eigenvalue weighted by atomic mass is 16.6. The highest BCUT2D eigenvalue weighted by Gasteiger charge is 2.23. The van der Waals surface area contributed by atoms with Crippen LogP contribution in [0.1, 0.15) is 31.9 Å². The average molecular weight is 236 g/mol. The number of nitrogens with zero attached hydrogens (tertiary/aromatic N) is 1. The Morgan fingerprint density at radius 2 is 1.82 bits per heavy atom. The van der Waals surface area contributed by atoms with Crippen LogP contribution in [-0.4, -0.2) is 12.0 Å². The van der Waals surface area contributed by atoms with Crippen LogP contribution in [0.3, 0.4) is 0 Å². The van der Waals surface area contributed by atoms with Crippen LogP contribution in [0.15, 0.2) is 12.1 Å². The molecule has 1 unspecified atom stereocenters. The van der Waals surface area contributed by atoms with Gasteiger partial charge in [0.15, 0.2) is 0 Å². The van der Waals surface area contributed by atoms with Crippen LogP contribution >= 0.6 is 0 Å². The molecule has 0 saturated heterocycles. The van der Waals surface area contributed by atoms with Gasteiger partial charge in [0.1, 0.15) is 5.69 Å². The molecular weight excluding hydrogens is 216 g/mol. The first-order valence-corrected chi connectivity index (χ1v) is 6.09. The minimum Gasteiger partial charge on any atom is -0.383 e. The Bertz CT molecular complexity index is 416. The molecule has 1 aliphatic carbocycles. The zero-order valence-corrected chi connectivity index (χ0v) is 10.9. The lowest BCUT2D eigenvalue weighted by Gasteiger charge is -2.05. The monoisotopic (exact) mass is 236 g/mol. The van der Waals surface area contributed by atoms with E-state index in [2.05, 4.69) is 12.2 Å². The number of benzene rings is 1. The van der Waals surface area contributed by atoms with Crippen LogP contribution in [0, 0.1) is 16.0 Å². The Morgan fingerprint density at radius 3 is 2.29 bits per heavy atom. The van der Waals surface area contributed by atoms with Gasteiger partial charge in [-0.05, 0) is 36.0 Å². The number of nitro groups is 1. The van der Waals surface area contributed by atoms with Crippen molar-refractivity contribution < 1.29 is 4.92 Å². The number of nitrogens with one attached hydrogen (secondary N) is 1. The molecule has 0 aromatic heterocycles. The summed E-state index contributed by atoms with van der Waals surface area (Å²) >= 11 is 0. The summed E-state index contributed by atoms with van der Waals surface area (Å²) < 4.78 is 0. The van der Waals surface area contributed by atoms with E-state index in [1.54, 1.807) is 13.1 Å². The van der Waals surface area contributed by atoms with Gasteiger partial charge in [0.25, 0.3) is 5.69 Å². The fourth-order valence-electron chi connectivity index (χ4n) is 2.23. The van der Waals surface area contributed by atoms with Crippen molar-refractivity contribution in [1.29, 1.82) is 0 Å². The van der Waals surface area contributed by atoms with Gasteiger partial charge in [-0.3, -0.25) is 10.1 Å². The maximum absolute atomic E-state index is 10.8. The number of hydrogen-bond acceptors (Lipinski definition) is 3. The van der Waals surface area contributed by atoms with E-state index in [-0.39, 0.29) is 10.6 Å². The van der Waals surface area contributed by atoms with Crippen molar-refractivity contribution in [2.24, 2.45) is 5.92 Å². The SMILES string of the molecule is CC.CNc1cc2c(cc1[N+](=O)[O-])CC(C)C2. The summed E-state index contributed by atoms with van der Waals surface area (Å²) in [4.78, 5) is 10.5. The van der Waals surface area contributed by atoms with E-state index in [1.165, 1.54) is 5.56 Å². The highest BCUT2D eigenvalue weighted by molar-refractivity contribution is 5.65. The van der Waals surface area contributed by atoms with E-state index in [9.17, 15) is 10.1 Å². The lowest BCUT2D eigenvalue weighted by molar-refractivity contribution is -0.384. The molecule has 0 fully saturated rings. The first-order valence-electron chi connectivity index (χ1n) is 6.09. The van der Waals surface area contributed by atoms with Crippen LogP contribution in [-0.2, 0) is 12.8 Å². The van der Waals surface area contributed by atoms with Gasteiger partial charge >= 0.3 is 0 Å². The predicted octanol–water partition coefficient (Wildman–Crippen LogP) is 3.40. The molecule has 0 radical (unpaired) electrons. The fourth-order valence-corrected chi connectivity index (χ4v) is 2.23. The van der Waals surface area contributed by atoms with E-state index in [1.807, 2.05) is 19.9 Å². The minimum atomic E-state index is -0.324. The second-order valence-corrected chi connectivity index (χ2v) is 4.16. The average Bonchev–Trinajstić information content (AvgIpc) is 2.68. The molecule has 2 rings (SSSR count). The van der Waals surface area contributed by atoms with Gasteiger partial charge in [0.2, 0.25) is 0 Å². The summed E-state index contributed by atoms with van der Waals surface area (Å²) in [5, 5.41) is 13.7. The Balaban J connectivity index is 0.000000686. The first kappa shape index (κ1) is 13.5. The van der Waals surface area contributed by atoms with E-state index in [4.69, 9.17) is 0 Å². The Hall–Kier alpha value is -1.58. The molecule has 0 saturated carbocycles. The van der Waals surface area contributed by atoms with Gasteiger partial charge in [0, 0.05) is 13.1 Å². The van der Waals surface area contributed by atoms with Gasteiger partial charge in [-0.2, -0.15) is 0 Å². The smallest absolute Gasteiger partial charge is 0.292 e. The normalized spacial score (nSPS) is 16.8. The second-order valence-electron chi connectivity index (χ2n) is 4.16. The summed E-state index contributed by atoms with van der Waals surface area (Å²) in [6, 6.07) is 3.63. The number of nitro benzene ring substituents is 1. The van der Waals surface area contributed by atoms with E-state index < -0.39 is 0 Å². The quantitative estimate of drug-likeness (QED) is 0.632. The van der Waals surface area contributed by atoms with Crippen LogP contribution < -0.4 is 5.32 Å². The maximum Gasteiger partial charge on any atom is 0.292 e. The molecule has 0 heterocycles. The van der Waals surface area contributed by atoms with Gasteiger partial charge < -0.3 is 5.32 Å². The van der Waals surface area contributed by atoms with Gasteiger partial charge in [0.05, 0.1) is 4.92 Å². The molecule has 0 spiro atoms. The molecule has 4 nitrogen and oxygen atoms in total. The third kappa shape index (κ3) is 2.75. The molecule has 1 N–H and O–H groups in total. The number of rotatable bonds is 2. The van der Waals surface area contributed by atoms with Crippen LogP contribution in [0.4, 0.5) is 11.4 Å². The van der Waals surface area contributed by atoms with Crippen molar-refractivity contribution in [1.82, 2.24) is 0 Å². The van der Waals surface area contributed by atoms with Crippen molar-refractivity contribution in [3.63, 3.8) is 0 Å². The minimum absolute atomic E-state index is 0.186. The molecular formula is C13H20N2O2. The molecule has 0 aliphatic heterocycles. The van der Waals surface area contributed by atoms with Crippen molar-refractivity contribution in [2.45, 2.75) is 33.6 Å². The molecule has 0 amide bonds. The molecule has 0 bridgehead atoms. The molecule has 17 heavy (non-hydrogen) atoms. The number of fused-ring (bicyclic) bond motifs is 1. The van der Waals surface area contributed by atoms with Crippen molar-refractivity contribution in [3.8, 4) is 0 Å². The zero-order chi connectivity index (χ0) is 13.0. The fraction of sp³-hybridized carbons (Fsp3) is 0.538. The predicted molar refractivity (Wildman–Crippen MR) is 70.6 cm³/mol. The zero-order valence-electron chi connectivity index (χ0n) is 10.9. The summed E-state index contributed by atoms with van der Waals surface area (Å²) in [5.41, 5.74) is 3.18. The summed E-state index contributed by atoms with van der Waals surface area (Å²) in [6.07, 6.45) is 1.99. The van der Waals surface area contributed by atoms with Crippen molar-refractivity contribution in [2.75, 3.05) is 12.4 Å². The second kappa shape index (κ2) is 5.66. The van der Waals surface area contributed by atoms with E-state index in [0.29, 0.717) is 11.6 Å². The van der Waals surface area contributed by atoms with Crippen molar-refractivity contribution >= 4 is 11.4 Å². The van der Waals surface area contributed by atoms with E-state index >= 15 is 0 Å². The molecule has 1 aromatic carbocycles. The standard InChI is InChI=1S/C11H14N2O2.C2H6/c1-7-3-8-5-10(12-2)11(13(14)15)6-9(8)4-7;1-2/h5-7,12H,3-4H2,1-2H3;1-2H3. The summed E-state index contributed by atoms with van der Waals surface area (Å²) in [6.45, 7) is 6.17. The maximum atomic E-state index is 10.8. The topological polar surface area (TPSA) is 55.2 Å². The molecule has 1 aliphatic rings. The Kier molecular flexibility index (Phi) is 4.49. The molecule has 1 atom stereocenters. The number of anilines is 1. The first-order chi connectivity index (χ1) is 8.11. The molecule has 94 valence electrons. The third-order valence-electron chi connectivity index (χ3n) is 2.92. The molecule has 1 aromatic rings. The van der Waals surface area contributed by atoms with Crippen molar-refractivity contribution in [3.05, 3.63) is 33.4 Å². The lowest BCUT2D eigenvalue weighted by atomic mass is 10.1. The Morgan fingerprint density at radius 1 is 1.29 bits per heavy atom. The van der Waals surface area contributed by atoms with E-state index in [0.717, 1.165) is 18.4 Å².